The summed E-state index contributed by atoms with van der Waals surface area (Å²) in [5.74, 6) is -0.650. The van der Waals surface area contributed by atoms with E-state index in [1.54, 1.807) is 0 Å². The third-order valence-corrected chi connectivity index (χ3v) is 4.18. The zero-order valence-electron chi connectivity index (χ0n) is 11.6. The highest BCUT2D eigenvalue weighted by atomic mass is 35.5. The standard InChI is InChI=1S/C15H14ClN3O3/c16-12-11(14(17)20)10-8-18(15(21)22)6-7-19(10)13(12)9-4-2-1-3-5-9/h1-5H,6-8H2,(H2,17,20)(H,21,22). The maximum Gasteiger partial charge on any atom is 0.407 e. The van der Waals surface area contributed by atoms with Crippen molar-refractivity contribution in [1.82, 2.24) is 9.47 Å². The van der Waals surface area contributed by atoms with Crippen molar-refractivity contribution in [3.63, 3.8) is 0 Å². The fourth-order valence-electron chi connectivity index (χ4n) is 2.82. The number of carbonyl (C=O) groups excluding carboxylic acids is 1. The summed E-state index contributed by atoms with van der Waals surface area (Å²) < 4.78 is 1.89. The lowest BCUT2D eigenvalue weighted by atomic mass is 10.1. The number of rotatable bonds is 2. The van der Waals surface area contributed by atoms with Crippen LogP contribution in [0.25, 0.3) is 11.3 Å². The summed E-state index contributed by atoms with van der Waals surface area (Å²) in [6.45, 7) is 0.865. The number of nitrogens with two attached hydrogens (primary N) is 1. The third kappa shape index (κ3) is 2.21. The van der Waals surface area contributed by atoms with E-state index in [0.29, 0.717) is 24.5 Å². The van der Waals surface area contributed by atoms with Crippen LogP contribution in [0.4, 0.5) is 4.79 Å². The number of carboxylic acid groups (broad SMARTS) is 1. The summed E-state index contributed by atoms with van der Waals surface area (Å²) in [4.78, 5) is 24.2. The Balaban J connectivity index is 2.20. The highest BCUT2D eigenvalue weighted by Crippen LogP contribution is 2.37. The Bertz CT molecular complexity index is 755. The van der Waals surface area contributed by atoms with Gasteiger partial charge >= 0.3 is 6.09 Å². The Morgan fingerprint density at radius 2 is 1.86 bits per heavy atom. The Labute approximate surface area is 131 Å². The normalized spacial score (nSPS) is 13.8. The lowest BCUT2D eigenvalue weighted by Gasteiger charge is -2.27. The molecule has 0 spiro atoms. The first kappa shape index (κ1) is 14.5. The number of amides is 2. The topological polar surface area (TPSA) is 88.6 Å². The van der Waals surface area contributed by atoms with Gasteiger partial charge in [0.15, 0.2) is 0 Å². The van der Waals surface area contributed by atoms with Crippen LogP contribution in [-0.2, 0) is 13.1 Å². The first-order valence-corrected chi connectivity index (χ1v) is 7.12. The number of hydrogen-bond donors (Lipinski definition) is 2. The molecule has 1 aromatic heterocycles. The van der Waals surface area contributed by atoms with Crippen molar-refractivity contribution in [3.05, 3.63) is 46.6 Å². The SMILES string of the molecule is NC(=O)c1c(Cl)c(-c2ccccc2)n2c1CN(C(=O)O)CC2. The van der Waals surface area contributed by atoms with Crippen LogP contribution in [0.5, 0.6) is 0 Å². The molecule has 0 saturated heterocycles. The predicted octanol–water partition coefficient (Wildman–Crippen LogP) is 2.40. The highest BCUT2D eigenvalue weighted by molar-refractivity contribution is 6.36. The first-order valence-electron chi connectivity index (χ1n) is 6.74. The minimum absolute atomic E-state index is 0.0974. The van der Waals surface area contributed by atoms with Crippen molar-refractivity contribution in [2.45, 2.75) is 13.1 Å². The van der Waals surface area contributed by atoms with Crippen LogP contribution < -0.4 is 5.73 Å². The molecule has 1 aliphatic rings. The molecule has 0 aliphatic carbocycles. The quantitative estimate of drug-likeness (QED) is 0.890. The molecule has 22 heavy (non-hydrogen) atoms. The van der Waals surface area contributed by atoms with E-state index in [1.807, 2.05) is 34.9 Å². The van der Waals surface area contributed by atoms with Gasteiger partial charge in [-0.25, -0.2) is 4.79 Å². The minimum atomic E-state index is -1.03. The van der Waals surface area contributed by atoms with E-state index in [-0.39, 0.29) is 17.1 Å². The van der Waals surface area contributed by atoms with E-state index in [1.165, 1.54) is 4.90 Å². The number of hydrogen-bond acceptors (Lipinski definition) is 2. The molecule has 0 unspecified atom stereocenters. The smallest absolute Gasteiger partial charge is 0.407 e. The molecule has 0 fully saturated rings. The van der Waals surface area contributed by atoms with Crippen LogP contribution in [0.2, 0.25) is 5.02 Å². The summed E-state index contributed by atoms with van der Waals surface area (Å²) in [6, 6.07) is 9.42. The third-order valence-electron chi connectivity index (χ3n) is 3.81. The molecule has 3 rings (SSSR count). The molecule has 0 radical (unpaired) electrons. The summed E-state index contributed by atoms with van der Waals surface area (Å²) in [6.07, 6.45) is -1.03. The van der Waals surface area contributed by atoms with Crippen LogP contribution in [0, 0.1) is 0 Å². The highest BCUT2D eigenvalue weighted by Gasteiger charge is 2.31. The van der Waals surface area contributed by atoms with E-state index in [4.69, 9.17) is 22.4 Å². The van der Waals surface area contributed by atoms with Gasteiger partial charge in [0.25, 0.3) is 5.91 Å². The molecule has 0 atom stereocenters. The van der Waals surface area contributed by atoms with E-state index < -0.39 is 12.0 Å². The number of primary amides is 1. The maximum atomic E-state index is 11.8. The molecule has 3 N–H and O–H groups in total. The second-order valence-corrected chi connectivity index (χ2v) is 5.45. The average Bonchev–Trinajstić information content (AvgIpc) is 2.79. The summed E-state index contributed by atoms with van der Waals surface area (Å²) in [7, 11) is 0. The lowest BCUT2D eigenvalue weighted by Crippen LogP contribution is -2.38. The molecule has 2 amide bonds. The second-order valence-electron chi connectivity index (χ2n) is 5.07. The van der Waals surface area contributed by atoms with Crippen LogP contribution in [0.3, 0.4) is 0 Å². The number of benzene rings is 1. The van der Waals surface area contributed by atoms with E-state index >= 15 is 0 Å². The number of halogens is 1. The molecular formula is C15H14ClN3O3. The van der Waals surface area contributed by atoms with Gasteiger partial charge in [-0.3, -0.25) is 4.79 Å². The molecule has 2 aromatic rings. The lowest BCUT2D eigenvalue weighted by molar-refractivity contribution is 0.0993. The van der Waals surface area contributed by atoms with Crippen molar-refractivity contribution >= 4 is 23.6 Å². The Morgan fingerprint density at radius 3 is 2.45 bits per heavy atom. The van der Waals surface area contributed by atoms with E-state index in [9.17, 15) is 9.59 Å². The van der Waals surface area contributed by atoms with Crippen molar-refractivity contribution in [2.24, 2.45) is 5.73 Å². The van der Waals surface area contributed by atoms with E-state index in [2.05, 4.69) is 0 Å². The molecule has 0 bridgehead atoms. The molecule has 114 valence electrons. The predicted molar refractivity (Wildman–Crippen MR) is 81.8 cm³/mol. The average molecular weight is 320 g/mol. The fourth-order valence-corrected chi connectivity index (χ4v) is 3.23. The van der Waals surface area contributed by atoms with Crippen LogP contribution in [-0.4, -0.2) is 33.1 Å². The van der Waals surface area contributed by atoms with Gasteiger partial charge < -0.3 is 20.3 Å². The number of nitrogens with zero attached hydrogens (tertiary/aromatic N) is 2. The molecule has 1 aromatic carbocycles. The van der Waals surface area contributed by atoms with Crippen LogP contribution >= 0.6 is 11.6 Å². The Hall–Kier alpha value is -2.47. The molecule has 2 heterocycles. The molecule has 6 nitrogen and oxygen atoms in total. The maximum absolute atomic E-state index is 11.8. The molecule has 7 heteroatoms. The van der Waals surface area contributed by atoms with E-state index in [0.717, 1.165) is 5.56 Å². The molecular weight excluding hydrogens is 306 g/mol. The largest absolute Gasteiger partial charge is 0.465 e. The monoisotopic (exact) mass is 319 g/mol. The van der Waals surface area contributed by atoms with Gasteiger partial charge in [-0.05, 0) is 5.56 Å². The van der Waals surface area contributed by atoms with Crippen molar-refractivity contribution < 1.29 is 14.7 Å². The Kier molecular flexibility index (Phi) is 3.54. The first-order chi connectivity index (χ1) is 10.5. The summed E-state index contributed by atoms with van der Waals surface area (Å²) >= 11 is 6.39. The zero-order valence-corrected chi connectivity index (χ0v) is 12.4. The second kappa shape index (κ2) is 5.38. The Morgan fingerprint density at radius 1 is 1.18 bits per heavy atom. The minimum Gasteiger partial charge on any atom is -0.465 e. The van der Waals surface area contributed by atoms with Crippen LogP contribution in [0.1, 0.15) is 16.1 Å². The van der Waals surface area contributed by atoms with Gasteiger partial charge in [0, 0.05) is 13.1 Å². The van der Waals surface area contributed by atoms with Crippen molar-refractivity contribution in [1.29, 1.82) is 0 Å². The molecule has 1 aliphatic heterocycles. The zero-order chi connectivity index (χ0) is 15.9. The summed E-state index contributed by atoms with van der Waals surface area (Å²) in [5.41, 5.74) is 7.77. The van der Waals surface area contributed by atoms with Gasteiger partial charge in [-0.2, -0.15) is 0 Å². The van der Waals surface area contributed by atoms with Crippen LogP contribution in [0.15, 0.2) is 30.3 Å². The molecule has 0 saturated carbocycles. The van der Waals surface area contributed by atoms with Gasteiger partial charge in [-0.15, -0.1) is 0 Å². The van der Waals surface area contributed by atoms with Gasteiger partial charge in [0.1, 0.15) is 0 Å². The van der Waals surface area contributed by atoms with Crippen molar-refractivity contribution in [3.8, 4) is 11.3 Å². The number of carbonyl (C=O) groups is 2. The fraction of sp³-hybridized carbons (Fsp3) is 0.200. The van der Waals surface area contributed by atoms with Gasteiger partial charge in [0.05, 0.1) is 28.5 Å². The van der Waals surface area contributed by atoms with Gasteiger partial charge in [0.2, 0.25) is 0 Å². The summed E-state index contributed by atoms with van der Waals surface area (Å²) in [5, 5.41) is 9.43. The number of fused-ring (bicyclic) bond motifs is 1. The van der Waals surface area contributed by atoms with Gasteiger partial charge in [-0.1, -0.05) is 41.9 Å². The number of aromatic nitrogens is 1. The van der Waals surface area contributed by atoms with Crippen molar-refractivity contribution in [2.75, 3.05) is 6.54 Å².